The van der Waals surface area contributed by atoms with Crippen LogP contribution in [-0.4, -0.2) is 22.1 Å². The fraction of sp³-hybridized carbons (Fsp3) is 0.667. The van der Waals surface area contributed by atoms with Gasteiger partial charge in [0.15, 0.2) is 0 Å². The molecule has 1 aromatic rings. The molecule has 4 heteroatoms. The summed E-state index contributed by atoms with van der Waals surface area (Å²) in [5.41, 5.74) is 0. The topological polar surface area (TPSA) is 44.1 Å². The molecule has 0 aromatic carbocycles. The number of ether oxygens (including phenoxy) is 1. The predicted octanol–water partition coefficient (Wildman–Crippen LogP) is 2.11. The van der Waals surface area contributed by atoms with Gasteiger partial charge < -0.3 is 9.30 Å². The van der Waals surface area contributed by atoms with Crippen LogP contribution >= 0.6 is 0 Å². The van der Waals surface area contributed by atoms with Crippen LogP contribution in [0.15, 0.2) is 12.4 Å². The van der Waals surface area contributed by atoms with Gasteiger partial charge in [0.25, 0.3) is 0 Å². The zero-order chi connectivity index (χ0) is 11.5. The summed E-state index contributed by atoms with van der Waals surface area (Å²) in [6.45, 7) is 5.35. The third kappa shape index (κ3) is 2.26. The fourth-order valence-corrected chi connectivity index (χ4v) is 2.34. The molecular weight excluding hydrogens is 204 g/mol. The minimum absolute atomic E-state index is 0.320. The van der Waals surface area contributed by atoms with E-state index < -0.39 is 0 Å². The average molecular weight is 222 g/mol. The van der Waals surface area contributed by atoms with Crippen LogP contribution in [0.1, 0.15) is 37.3 Å². The van der Waals surface area contributed by atoms with Gasteiger partial charge in [-0.05, 0) is 31.6 Å². The normalized spacial score (nSPS) is 23.9. The van der Waals surface area contributed by atoms with Gasteiger partial charge in [0.1, 0.15) is 0 Å². The summed E-state index contributed by atoms with van der Waals surface area (Å²) < 4.78 is 6.87. The maximum atomic E-state index is 11.6. The molecule has 0 atom stereocenters. The van der Waals surface area contributed by atoms with Crippen LogP contribution in [0.2, 0.25) is 0 Å². The zero-order valence-corrected chi connectivity index (χ0v) is 9.85. The number of imidazole rings is 1. The van der Waals surface area contributed by atoms with Crippen LogP contribution in [0.5, 0.6) is 0 Å². The first kappa shape index (κ1) is 11.2. The molecule has 0 spiro atoms. The lowest BCUT2D eigenvalue weighted by molar-refractivity contribution is 0.0502. The number of nitrogens with zero attached hydrogens (tertiary/aromatic N) is 2. The zero-order valence-electron chi connectivity index (χ0n) is 9.85. The highest BCUT2D eigenvalue weighted by Gasteiger charge is 2.26. The Labute approximate surface area is 95.6 Å². The Morgan fingerprint density at radius 3 is 3.00 bits per heavy atom. The molecule has 0 unspecified atom stereocenters. The maximum absolute atomic E-state index is 11.6. The minimum atomic E-state index is -0.320. The summed E-state index contributed by atoms with van der Waals surface area (Å²) in [6.07, 6.45) is 6.02. The molecule has 1 saturated carbocycles. The van der Waals surface area contributed by atoms with Gasteiger partial charge in [-0.3, -0.25) is 0 Å². The first-order chi connectivity index (χ1) is 7.70. The van der Waals surface area contributed by atoms with Crippen molar-refractivity contribution in [2.24, 2.45) is 11.8 Å². The first-order valence-electron chi connectivity index (χ1n) is 5.89. The molecule has 1 aromatic heterocycles. The number of hydrogen-bond acceptors (Lipinski definition) is 3. The van der Waals surface area contributed by atoms with E-state index in [1.807, 2.05) is 10.8 Å². The molecule has 0 bridgehead atoms. The Kier molecular flexibility index (Phi) is 3.27. The third-order valence-electron chi connectivity index (χ3n) is 3.10. The van der Waals surface area contributed by atoms with Crippen LogP contribution in [0.4, 0.5) is 0 Å². The Hall–Kier alpha value is -1.32. The lowest BCUT2D eigenvalue weighted by atomic mass is 9.76. The van der Waals surface area contributed by atoms with E-state index in [4.69, 9.17) is 4.74 Å². The van der Waals surface area contributed by atoms with Crippen LogP contribution in [0.25, 0.3) is 0 Å². The van der Waals surface area contributed by atoms with Gasteiger partial charge in [-0.15, -0.1) is 0 Å². The van der Waals surface area contributed by atoms with Crippen molar-refractivity contribution in [1.29, 1.82) is 0 Å². The van der Waals surface area contributed by atoms with E-state index in [2.05, 4.69) is 11.9 Å². The van der Waals surface area contributed by atoms with Crippen molar-refractivity contribution in [2.45, 2.75) is 33.2 Å². The van der Waals surface area contributed by atoms with E-state index in [9.17, 15) is 4.79 Å². The second-order valence-corrected chi connectivity index (χ2v) is 4.57. The van der Waals surface area contributed by atoms with Gasteiger partial charge in [-0.25, -0.2) is 9.78 Å². The van der Waals surface area contributed by atoms with Crippen LogP contribution in [0.3, 0.4) is 0 Å². The summed E-state index contributed by atoms with van der Waals surface area (Å²) in [6, 6.07) is 0. The Morgan fingerprint density at radius 1 is 1.62 bits per heavy atom. The fourth-order valence-electron chi connectivity index (χ4n) is 2.34. The van der Waals surface area contributed by atoms with Crippen molar-refractivity contribution in [3.05, 3.63) is 18.2 Å². The summed E-state index contributed by atoms with van der Waals surface area (Å²) in [5, 5.41) is 0. The summed E-state index contributed by atoms with van der Waals surface area (Å²) in [4.78, 5) is 15.6. The molecule has 0 saturated heterocycles. The second kappa shape index (κ2) is 4.68. The van der Waals surface area contributed by atoms with Crippen molar-refractivity contribution in [3.8, 4) is 0 Å². The molecule has 1 aliphatic rings. The lowest BCUT2D eigenvalue weighted by Gasteiger charge is -2.33. The summed E-state index contributed by atoms with van der Waals surface area (Å²) >= 11 is 0. The van der Waals surface area contributed by atoms with Crippen molar-refractivity contribution in [2.75, 3.05) is 6.61 Å². The van der Waals surface area contributed by atoms with Gasteiger partial charge in [0.05, 0.1) is 6.61 Å². The van der Waals surface area contributed by atoms with E-state index in [1.165, 1.54) is 12.8 Å². The van der Waals surface area contributed by atoms with E-state index in [-0.39, 0.29) is 5.97 Å². The quantitative estimate of drug-likeness (QED) is 0.733. The first-order valence-corrected chi connectivity index (χ1v) is 5.89. The highest BCUT2D eigenvalue weighted by atomic mass is 16.5. The van der Waals surface area contributed by atoms with Crippen LogP contribution in [0, 0.1) is 11.8 Å². The lowest BCUT2D eigenvalue weighted by Crippen LogP contribution is -2.27. The van der Waals surface area contributed by atoms with E-state index in [1.54, 1.807) is 13.1 Å². The Bertz CT molecular complexity index is 367. The molecular formula is C12H18N2O2. The van der Waals surface area contributed by atoms with Crippen molar-refractivity contribution in [1.82, 2.24) is 9.55 Å². The molecule has 1 fully saturated rings. The standard InChI is InChI=1S/C12H18N2O2/c1-3-16-12(15)11-13-4-5-14(11)8-10-6-9(2)7-10/h4-5,9-10H,3,6-8H2,1-2H3. The van der Waals surface area contributed by atoms with Crippen LogP contribution < -0.4 is 0 Å². The van der Waals surface area contributed by atoms with E-state index in [0.29, 0.717) is 18.3 Å². The van der Waals surface area contributed by atoms with Crippen molar-refractivity contribution in [3.63, 3.8) is 0 Å². The average Bonchev–Trinajstić information content (AvgIpc) is 2.64. The highest BCUT2D eigenvalue weighted by molar-refractivity contribution is 5.85. The second-order valence-electron chi connectivity index (χ2n) is 4.57. The molecule has 4 nitrogen and oxygen atoms in total. The Morgan fingerprint density at radius 2 is 2.38 bits per heavy atom. The predicted molar refractivity (Wildman–Crippen MR) is 60.1 cm³/mol. The van der Waals surface area contributed by atoms with Gasteiger partial charge in [0.2, 0.25) is 5.82 Å². The summed E-state index contributed by atoms with van der Waals surface area (Å²) in [5.74, 6) is 1.64. The van der Waals surface area contributed by atoms with Gasteiger partial charge >= 0.3 is 5.97 Å². The number of aromatic nitrogens is 2. The smallest absolute Gasteiger partial charge is 0.374 e. The molecule has 0 amide bonds. The number of carbonyl (C=O) groups excluding carboxylic acids is 1. The van der Waals surface area contributed by atoms with E-state index in [0.717, 1.165) is 12.5 Å². The molecule has 1 aliphatic carbocycles. The molecule has 2 rings (SSSR count). The van der Waals surface area contributed by atoms with Crippen LogP contribution in [-0.2, 0) is 11.3 Å². The summed E-state index contributed by atoms with van der Waals surface area (Å²) in [7, 11) is 0. The number of hydrogen-bond donors (Lipinski definition) is 0. The molecule has 0 radical (unpaired) electrons. The molecule has 1 heterocycles. The highest BCUT2D eigenvalue weighted by Crippen LogP contribution is 2.34. The van der Waals surface area contributed by atoms with Gasteiger partial charge in [-0.2, -0.15) is 0 Å². The largest absolute Gasteiger partial charge is 0.460 e. The molecule has 16 heavy (non-hydrogen) atoms. The monoisotopic (exact) mass is 222 g/mol. The molecule has 88 valence electrons. The number of carbonyl (C=O) groups is 1. The SMILES string of the molecule is CCOC(=O)c1nccn1CC1CC(C)C1. The number of esters is 1. The van der Waals surface area contributed by atoms with Gasteiger partial charge in [0, 0.05) is 18.9 Å². The minimum Gasteiger partial charge on any atom is -0.460 e. The molecule has 0 aliphatic heterocycles. The van der Waals surface area contributed by atoms with Crippen molar-refractivity contribution >= 4 is 5.97 Å². The van der Waals surface area contributed by atoms with Crippen molar-refractivity contribution < 1.29 is 9.53 Å². The number of rotatable bonds is 4. The van der Waals surface area contributed by atoms with Gasteiger partial charge in [-0.1, -0.05) is 6.92 Å². The maximum Gasteiger partial charge on any atom is 0.374 e. The third-order valence-corrected chi connectivity index (χ3v) is 3.10. The van der Waals surface area contributed by atoms with E-state index >= 15 is 0 Å². The Balaban J connectivity index is 1.99. The molecule has 0 N–H and O–H groups in total.